The molecule has 0 bridgehead atoms. The molecule has 1 atom stereocenters. The number of nitrogens with one attached hydrogen (secondary N) is 1. The van der Waals surface area contributed by atoms with Gasteiger partial charge in [-0.15, -0.1) is 0 Å². The van der Waals surface area contributed by atoms with Gasteiger partial charge in [-0.2, -0.15) is 17.2 Å². The molecular formula is C49H52ClN2O2S+. The molecule has 4 nitrogen and oxygen atoms in total. The van der Waals surface area contributed by atoms with Crippen LogP contribution in [0.25, 0.3) is 16.8 Å². The smallest absolute Gasteiger partial charge is 0.228 e. The first kappa shape index (κ1) is 38.7. The zero-order chi connectivity index (χ0) is 38.9. The van der Waals surface area contributed by atoms with Crippen LogP contribution in [-0.4, -0.2) is 28.5 Å². The Bertz CT molecular complexity index is 2340. The van der Waals surface area contributed by atoms with Gasteiger partial charge in [-0.25, -0.2) is 0 Å². The lowest BCUT2D eigenvalue weighted by Gasteiger charge is -2.26. The van der Waals surface area contributed by atoms with Gasteiger partial charge in [-0.3, -0.25) is 4.79 Å². The van der Waals surface area contributed by atoms with Crippen molar-refractivity contribution in [3.63, 3.8) is 0 Å². The Kier molecular flexibility index (Phi) is 11.2. The summed E-state index contributed by atoms with van der Waals surface area (Å²) in [5.74, 6) is 2.27. The van der Waals surface area contributed by atoms with Gasteiger partial charge in [0.2, 0.25) is 11.6 Å². The number of rotatable bonds is 10. The largest absolute Gasteiger partial charge is 0.460 e. The number of thiol groups is 1. The molecule has 0 radical (unpaired) electrons. The predicted molar refractivity (Wildman–Crippen MR) is 235 cm³/mol. The molecule has 4 aromatic rings. The van der Waals surface area contributed by atoms with Crippen molar-refractivity contribution in [2.45, 2.75) is 78.1 Å². The normalized spacial score (nSPS) is 20.3. The van der Waals surface area contributed by atoms with Gasteiger partial charge in [0.1, 0.15) is 18.1 Å². The van der Waals surface area contributed by atoms with Crippen LogP contribution in [0.15, 0.2) is 131 Å². The predicted octanol–water partition coefficient (Wildman–Crippen LogP) is 12.5. The third-order valence-electron chi connectivity index (χ3n) is 11.6. The molecule has 3 aliphatic rings. The summed E-state index contributed by atoms with van der Waals surface area (Å²) in [4.78, 5) is 13.9. The monoisotopic (exact) mass is 767 g/mol. The van der Waals surface area contributed by atoms with Crippen molar-refractivity contribution in [1.29, 1.82) is 0 Å². The molecule has 6 heteroatoms. The average molecular weight is 768 g/mol. The van der Waals surface area contributed by atoms with E-state index in [9.17, 15) is 4.79 Å². The zero-order valence-corrected chi connectivity index (χ0v) is 34.5. The molecule has 1 aliphatic carbocycles. The lowest BCUT2D eigenvalue weighted by Crippen LogP contribution is -2.29. The Morgan fingerprint density at radius 2 is 1.65 bits per heavy atom. The maximum atomic E-state index is 13.9. The summed E-state index contributed by atoms with van der Waals surface area (Å²) >= 11 is 11.9. The molecular weight excluding hydrogens is 716 g/mol. The highest BCUT2D eigenvalue weighted by Gasteiger charge is 2.46. The van der Waals surface area contributed by atoms with Crippen LogP contribution in [0.4, 0.5) is 11.4 Å². The van der Waals surface area contributed by atoms with Gasteiger partial charge in [-0.05, 0) is 124 Å². The molecule has 1 amide bonds. The first-order valence-electron chi connectivity index (χ1n) is 19.5. The van der Waals surface area contributed by atoms with E-state index in [2.05, 4.69) is 149 Å². The molecule has 0 saturated carbocycles. The molecule has 4 aromatic carbocycles. The number of ether oxygens (including phenoxy) is 1. The molecule has 0 saturated heterocycles. The molecule has 0 spiro atoms. The molecule has 0 aromatic heterocycles. The number of hydrogen-bond donors (Lipinski definition) is 2. The molecule has 1 unspecified atom stereocenters. The SMILES string of the molecule is C/C=C\c1c(C)ccc2c1C(C)(C)C(/C=C/C1=C(Cl)C(=C/C=C3/Oc4ccc5ccccc5c4C3(C)C)/CC(C(=O)Nc3ccccc3)C1)=[N+]2CCCCS. The molecule has 2 aliphatic heterocycles. The highest BCUT2D eigenvalue weighted by molar-refractivity contribution is 7.80. The van der Waals surface area contributed by atoms with E-state index < -0.39 is 0 Å². The van der Waals surface area contributed by atoms with Crippen LogP contribution in [0.2, 0.25) is 0 Å². The molecule has 7 rings (SSSR count). The highest BCUT2D eigenvalue weighted by atomic mass is 35.5. The summed E-state index contributed by atoms with van der Waals surface area (Å²) in [6.07, 6.45) is 16.1. The Balaban J connectivity index is 1.29. The fourth-order valence-corrected chi connectivity index (χ4v) is 9.17. The first-order chi connectivity index (χ1) is 26.4. The van der Waals surface area contributed by atoms with Crippen molar-refractivity contribution in [2.24, 2.45) is 5.92 Å². The fraction of sp³-hybridized carbons (Fsp3) is 0.306. The van der Waals surface area contributed by atoms with Crippen LogP contribution >= 0.6 is 24.2 Å². The number of anilines is 1. The van der Waals surface area contributed by atoms with Gasteiger partial charge in [0.25, 0.3) is 0 Å². The number of carbonyl (C=O) groups excluding carboxylic acids is 1. The third kappa shape index (κ3) is 7.42. The summed E-state index contributed by atoms with van der Waals surface area (Å²) in [6, 6.07) is 26.8. The first-order valence-corrected chi connectivity index (χ1v) is 20.5. The van der Waals surface area contributed by atoms with Crippen LogP contribution in [0.3, 0.4) is 0 Å². The van der Waals surface area contributed by atoms with Crippen molar-refractivity contribution < 1.29 is 14.1 Å². The van der Waals surface area contributed by atoms with Crippen molar-refractivity contribution >= 4 is 64.1 Å². The summed E-state index contributed by atoms with van der Waals surface area (Å²) < 4.78 is 9.03. The van der Waals surface area contributed by atoms with E-state index in [0.29, 0.717) is 17.9 Å². The number of amides is 1. The number of allylic oxidation sites excluding steroid dienone is 9. The van der Waals surface area contributed by atoms with Crippen molar-refractivity contribution in [3.8, 4) is 5.75 Å². The second-order valence-corrected chi connectivity index (χ2v) is 16.9. The quantitative estimate of drug-likeness (QED) is 0.0958. The third-order valence-corrected chi connectivity index (χ3v) is 12.4. The van der Waals surface area contributed by atoms with E-state index in [4.69, 9.17) is 16.3 Å². The molecule has 55 heavy (non-hydrogen) atoms. The fourth-order valence-electron chi connectivity index (χ4n) is 8.66. The summed E-state index contributed by atoms with van der Waals surface area (Å²) in [7, 11) is 0. The van der Waals surface area contributed by atoms with E-state index in [0.717, 1.165) is 53.5 Å². The number of unbranched alkanes of at least 4 members (excludes halogenated alkanes) is 1. The van der Waals surface area contributed by atoms with Crippen LogP contribution < -0.4 is 10.1 Å². The zero-order valence-electron chi connectivity index (χ0n) is 32.9. The number of hydrogen-bond acceptors (Lipinski definition) is 3. The summed E-state index contributed by atoms with van der Waals surface area (Å²) in [5.41, 5.74) is 9.61. The Labute approximate surface area is 337 Å². The van der Waals surface area contributed by atoms with Gasteiger partial charge in [-0.1, -0.05) is 90.5 Å². The van der Waals surface area contributed by atoms with E-state index in [1.54, 1.807) is 0 Å². The minimum atomic E-state index is -0.356. The van der Waals surface area contributed by atoms with Gasteiger partial charge in [0, 0.05) is 46.3 Å². The second kappa shape index (κ2) is 15.9. The van der Waals surface area contributed by atoms with E-state index >= 15 is 0 Å². The van der Waals surface area contributed by atoms with Gasteiger partial charge in [0.15, 0.2) is 5.71 Å². The minimum Gasteiger partial charge on any atom is -0.460 e. The lowest BCUT2D eigenvalue weighted by atomic mass is 9.77. The number of carbonyl (C=O) groups is 1. The Morgan fingerprint density at radius 3 is 2.42 bits per heavy atom. The minimum absolute atomic E-state index is 0.0164. The maximum Gasteiger partial charge on any atom is 0.228 e. The van der Waals surface area contributed by atoms with Crippen LogP contribution in [0.1, 0.15) is 82.6 Å². The van der Waals surface area contributed by atoms with Crippen molar-refractivity contribution in [3.05, 3.63) is 153 Å². The molecule has 0 fully saturated rings. The second-order valence-electron chi connectivity index (χ2n) is 16.0. The summed E-state index contributed by atoms with van der Waals surface area (Å²) in [5, 5.41) is 6.25. The summed E-state index contributed by atoms with van der Waals surface area (Å²) in [6.45, 7) is 14.2. The average Bonchev–Trinajstić information content (AvgIpc) is 3.56. The Hall–Kier alpha value is -4.58. The van der Waals surface area contributed by atoms with Crippen molar-refractivity contribution in [1.82, 2.24) is 0 Å². The highest BCUT2D eigenvalue weighted by Crippen LogP contribution is 2.49. The molecule has 282 valence electrons. The van der Waals surface area contributed by atoms with Crippen LogP contribution in [0.5, 0.6) is 5.75 Å². The van der Waals surface area contributed by atoms with Gasteiger partial charge >= 0.3 is 0 Å². The van der Waals surface area contributed by atoms with E-state index in [1.165, 1.54) is 44.4 Å². The number of aryl methyl sites for hydroxylation is 1. The maximum absolute atomic E-state index is 13.9. The number of para-hydroxylation sites is 1. The Morgan fingerprint density at radius 1 is 0.891 bits per heavy atom. The number of nitrogens with zero attached hydrogens (tertiary/aromatic N) is 1. The van der Waals surface area contributed by atoms with Gasteiger partial charge < -0.3 is 10.1 Å². The molecule has 1 N–H and O–H groups in total. The van der Waals surface area contributed by atoms with Crippen molar-refractivity contribution in [2.75, 3.05) is 17.6 Å². The molecule has 2 heterocycles. The standard InChI is InChI=1S/C49H51ClN2O2S/c1-7-15-38-32(2)20-24-40-44(38)48(3,4)42(52(40)28-13-14-29-55)26-22-34-30-36(47(53)51-37-17-9-8-10-18-37)31-35(46(34)50)23-27-43-49(5,6)45-39-19-12-11-16-33(39)21-25-41(45)54-43/h7-12,15-27,36H,13-14,28-31H2,1-6H3,(H-,51,53,55)/p+1/b15-7-,26-22+,35-23+,43-27+. The number of fused-ring (bicyclic) bond motifs is 4. The van der Waals surface area contributed by atoms with Crippen LogP contribution in [-0.2, 0) is 15.6 Å². The topological polar surface area (TPSA) is 41.3 Å². The van der Waals surface area contributed by atoms with E-state index in [1.807, 2.05) is 30.3 Å². The lowest BCUT2D eigenvalue weighted by molar-refractivity contribution is -0.438. The van der Waals surface area contributed by atoms with E-state index in [-0.39, 0.29) is 22.7 Å². The number of halogens is 1. The van der Waals surface area contributed by atoms with Gasteiger partial charge in [0.05, 0.1) is 10.8 Å². The number of benzene rings is 4. The van der Waals surface area contributed by atoms with Crippen LogP contribution in [0, 0.1) is 12.8 Å².